The molecule has 0 bridgehead atoms. The van der Waals surface area contributed by atoms with Crippen molar-refractivity contribution in [2.75, 3.05) is 5.32 Å². The molecule has 0 saturated heterocycles. The fourth-order valence-electron chi connectivity index (χ4n) is 2.49. The molecular formula is C15H13ClIN. The van der Waals surface area contributed by atoms with Gasteiger partial charge in [0, 0.05) is 20.3 Å². The van der Waals surface area contributed by atoms with Gasteiger partial charge in [-0.05, 0) is 70.8 Å². The molecule has 1 aliphatic rings. The van der Waals surface area contributed by atoms with Crippen LogP contribution in [0, 0.1) is 3.57 Å². The lowest BCUT2D eigenvalue weighted by atomic mass is 10.1. The number of anilines is 1. The number of hydrogen-bond donors (Lipinski definition) is 1. The predicted octanol–water partition coefficient (Wildman–Crippen LogP) is 4.52. The molecule has 2 aromatic rings. The fraction of sp³-hybridized carbons (Fsp3) is 0.200. The monoisotopic (exact) mass is 369 g/mol. The van der Waals surface area contributed by atoms with Crippen LogP contribution in [0.25, 0.3) is 0 Å². The van der Waals surface area contributed by atoms with Gasteiger partial charge in [-0.25, -0.2) is 0 Å². The van der Waals surface area contributed by atoms with Crippen molar-refractivity contribution in [3.63, 3.8) is 0 Å². The lowest BCUT2D eigenvalue weighted by Crippen LogP contribution is -2.19. The Kier molecular flexibility index (Phi) is 3.48. The Balaban J connectivity index is 1.77. The molecule has 0 radical (unpaired) electrons. The van der Waals surface area contributed by atoms with E-state index in [1.807, 2.05) is 6.07 Å². The second-order valence-electron chi connectivity index (χ2n) is 4.64. The molecule has 3 heteroatoms. The van der Waals surface area contributed by atoms with Gasteiger partial charge in [-0.3, -0.25) is 0 Å². The third kappa shape index (κ3) is 2.50. The Morgan fingerprint density at radius 1 is 1.06 bits per heavy atom. The molecular weight excluding hydrogens is 357 g/mol. The zero-order valence-electron chi connectivity index (χ0n) is 9.79. The number of para-hydroxylation sites is 1. The van der Waals surface area contributed by atoms with E-state index in [2.05, 4.69) is 64.3 Å². The van der Waals surface area contributed by atoms with Crippen molar-refractivity contribution in [2.24, 2.45) is 0 Å². The van der Waals surface area contributed by atoms with Crippen molar-refractivity contribution in [1.29, 1.82) is 0 Å². The summed E-state index contributed by atoms with van der Waals surface area (Å²) in [5, 5.41) is 4.46. The maximum Gasteiger partial charge on any atom is 0.0478 e. The minimum atomic E-state index is 0.481. The summed E-state index contributed by atoms with van der Waals surface area (Å²) in [7, 11) is 0. The van der Waals surface area contributed by atoms with Gasteiger partial charge < -0.3 is 5.32 Å². The van der Waals surface area contributed by atoms with Crippen molar-refractivity contribution in [2.45, 2.75) is 18.9 Å². The second kappa shape index (κ2) is 5.10. The van der Waals surface area contributed by atoms with Crippen LogP contribution in [0.4, 0.5) is 5.69 Å². The molecule has 1 unspecified atom stereocenters. The number of benzene rings is 2. The van der Waals surface area contributed by atoms with Gasteiger partial charge in [0.05, 0.1) is 0 Å². The highest BCUT2D eigenvalue weighted by Crippen LogP contribution is 2.28. The van der Waals surface area contributed by atoms with Crippen molar-refractivity contribution in [3.8, 4) is 0 Å². The molecule has 1 N–H and O–H groups in total. The fourth-order valence-corrected chi connectivity index (χ4v) is 3.22. The lowest BCUT2D eigenvalue weighted by Gasteiger charge is -2.14. The minimum Gasteiger partial charge on any atom is -0.381 e. The average molecular weight is 370 g/mol. The number of halogens is 2. The maximum atomic E-state index is 6.03. The van der Waals surface area contributed by atoms with E-state index < -0.39 is 0 Å². The van der Waals surface area contributed by atoms with Crippen LogP contribution in [-0.2, 0) is 12.8 Å². The average Bonchev–Trinajstić information content (AvgIpc) is 2.73. The summed E-state index contributed by atoms with van der Waals surface area (Å²) in [6.45, 7) is 0. The predicted molar refractivity (Wildman–Crippen MR) is 85.4 cm³/mol. The van der Waals surface area contributed by atoms with E-state index in [0.29, 0.717) is 6.04 Å². The van der Waals surface area contributed by atoms with E-state index >= 15 is 0 Å². The van der Waals surface area contributed by atoms with Crippen molar-refractivity contribution < 1.29 is 0 Å². The molecule has 18 heavy (non-hydrogen) atoms. The van der Waals surface area contributed by atoms with Gasteiger partial charge in [0.1, 0.15) is 0 Å². The van der Waals surface area contributed by atoms with Gasteiger partial charge in [-0.2, -0.15) is 0 Å². The largest absolute Gasteiger partial charge is 0.381 e. The van der Waals surface area contributed by atoms with Gasteiger partial charge in [0.15, 0.2) is 0 Å². The van der Waals surface area contributed by atoms with Crippen LogP contribution < -0.4 is 5.32 Å². The van der Waals surface area contributed by atoms with Crippen LogP contribution >= 0.6 is 34.2 Å². The summed E-state index contributed by atoms with van der Waals surface area (Å²) in [4.78, 5) is 0. The Hall–Kier alpha value is -0.740. The molecule has 1 aliphatic carbocycles. The van der Waals surface area contributed by atoms with Crippen LogP contribution in [0.2, 0.25) is 5.02 Å². The van der Waals surface area contributed by atoms with E-state index in [1.54, 1.807) is 0 Å². The van der Waals surface area contributed by atoms with Gasteiger partial charge >= 0.3 is 0 Å². The standard InChI is InChI=1S/C15H13ClIN/c16-12-6-5-10-8-13(9-11(10)7-12)18-15-4-2-1-3-14(15)17/h1-7,13,18H,8-9H2. The van der Waals surface area contributed by atoms with E-state index in [9.17, 15) is 0 Å². The zero-order valence-corrected chi connectivity index (χ0v) is 12.7. The Labute approximate surface area is 126 Å². The van der Waals surface area contributed by atoms with Crippen LogP contribution in [0.15, 0.2) is 42.5 Å². The molecule has 2 aromatic carbocycles. The third-order valence-electron chi connectivity index (χ3n) is 3.33. The molecule has 0 saturated carbocycles. The summed E-state index contributed by atoms with van der Waals surface area (Å²) < 4.78 is 1.27. The number of rotatable bonds is 2. The van der Waals surface area contributed by atoms with Gasteiger partial charge in [0.2, 0.25) is 0 Å². The van der Waals surface area contributed by atoms with E-state index in [-0.39, 0.29) is 0 Å². The quantitative estimate of drug-likeness (QED) is 0.767. The Bertz CT molecular complexity index is 582. The normalized spacial score (nSPS) is 17.6. The smallest absolute Gasteiger partial charge is 0.0478 e. The molecule has 0 amide bonds. The highest BCUT2D eigenvalue weighted by atomic mass is 127. The molecule has 0 spiro atoms. The van der Waals surface area contributed by atoms with Crippen LogP contribution in [0.1, 0.15) is 11.1 Å². The summed E-state index contributed by atoms with van der Waals surface area (Å²) in [6, 6.07) is 15.1. The molecule has 1 nitrogen and oxygen atoms in total. The molecule has 0 aliphatic heterocycles. The molecule has 0 heterocycles. The highest BCUT2D eigenvalue weighted by Gasteiger charge is 2.21. The topological polar surface area (TPSA) is 12.0 Å². The molecule has 92 valence electrons. The highest BCUT2D eigenvalue weighted by molar-refractivity contribution is 14.1. The number of fused-ring (bicyclic) bond motifs is 1. The first-order chi connectivity index (χ1) is 8.72. The van der Waals surface area contributed by atoms with Gasteiger partial charge in [0.25, 0.3) is 0 Å². The summed E-state index contributed by atoms with van der Waals surface area (Å²) >= 11 is 8.40. The second-order valence-corrected chi connectivity index (χ2v) is 6.24. The SMILES string of the molecule is Clc1ccc2c(c1)CC(Nc1ccccc1I)C2. The molecule has 1 atom stereocenters. The lowest BCUT2D eigenvalue weighted by molar-refractivity contribution is 0.773. The molecule has 0 fully saturated rings. The van der Waals surface area contributed by atoms with Crippen LogP contribution in [-0.4, -0.2) is 6.04 Å². The Morgan fingerprint density at radius 2 is 1.83 bits per heavy atom. The number of hydrogen-bond acceptors (Lipinski definition) is 1. The van der Waals surface area contributed by atoms with E-state index in [4.69, 9.17) is 11.6 Å². The Morgan fingerprint density at radius 3 is 2.67 bits per heavy atom. The first-order valence-corrected chi connectivity index (χ1v) is 7.46. The van der Waals surface area contributed by atoms with Gasteiger partial charge in [-0.1, -0.05) is 29.8 Å². The maximum absolute atomic E-state index is 6.03. The van der Waals surface area contributed by atoms with E-state index in [1.165, 1.54) is 20.4 Å². The molecule has 0 aromatic heterocycles. The van der Waals surface area contributed by atoms with Crippen molar-refractivity contribution in [1.82, 2.24) is 0 Å². The van der Waals surface area contributed by atoms with Crippen molar-refractivity contribution in [3.05, 3.63) is 62.2 Å². The van der Waals surface area contributed by atoms with Crippen molar-refractivity contribution >= 4 is 39.9 Å². The number of nitrogens with one attached hydrogen (secondary N) is 1. The molecule has 3 rings (SSSR count). The first-order valence-electron chi connectivity index (χ1n) is 6.01. The van der Waals surface area contributed by atoms with Crippen LogP contribution in [0.3, 0.4) is 0 Å². The summed E-state index contributed by atoms with van der Waals surface area (Å²) in [6.07, 6.45) is 2.14. The van der Waals surface area contributed by atoms with E-state index in [0.717, 1.165) is 17.9 Å². The first kappa shape index (κ1) is 12.3. The van der Waals surface area contributed by atoms with Crippen LogP contribution in [0.5, 0.6) is 0 Å². The summed E-state index contributed by atoms with van der Waals surface area (Å²) in [5.74, 6) is 0. The minimum absolute atomic E-state index is 0.481. The third-order valence-corrected chi connectivity index (χ3v) is 4.51. The summed E-state index contributed by atoms with van der Waals surface area (Å²) in [5.41, 5.74) is 4.02. The van der Waals surface area contributed by atoms with Gasteiger partial charge in [-0.15, -0.1) is 0 Å². The zero-order chi connectivity index (χ0) is 12.5.